The van der Waals surface area contributed by atoms with Crippen molar-refractivity contribution in [3.63, 3.8) is 0 Å². The van der Waals surface area contributed by atoms with Gasteiger partial charge in [-0.15, -0.1) is 0 Å². The number of carbonyl (C=O) groups is 1. The zero-order chi connectivity index (χ0) is 14.5. The van der Waals surface area contributed by atoms with Crippen LogP contribution in [-0.2, 0) is 11.3 Å². The summed E-state index contributed by atoms with van der Waals surface area (Å²) in [5, 5.41) is 7.07. The summed E-state index contributed by atoms with van der Waals surface area (Å²) in [5.41, 5.74) is 2.08. The second kappa shape index (κ2) is 6.57. The molecule has 1 heterocycles. The largest absolute Gasteiger partial charge is 0.347 e. The molecule has 0 saturated heterocycles. The molecule has 1 aromatic heterocycles. The fraction of sp³-hybridized carbons (Fsp3) is 0.438. The highest BCUT2D eigenvalue weighted by molar-refractivity contribution is 5.94. The third-order valence-electron chi connectivity index (χ3n) is 3.22. The van der Waals surface area contributed by atoms with E-state index in [1.54, 1.807) is 0 Å². The van der Waals surface area contributed by atoms with Crippen LogP contribution in [0.5, 0.6) is 0 Å². The van der Waals surface area contributed by atoms with Crippen molar-refractivity contribution in [2.75, 3.05) is 18.9 Å². The lowest BCUT2D eigenvalue weighted by Gasteiger charge is -2.09. The van der Waals surface area contributed by atoms with Crippen molar-refractivity contribution >= 4 is 22.5 Å². The van der Waals surface area contributed by atoms with Crippen LogP contribution in [-0.4, -0.2) is 24.1 Å². The molecule has 0 saturated carbocycles. The molecule has 108 valence electrons. The van der Waals surface area contributed by atoms with E-state index in [-0.39, 0.29) is 5.91 Å². The summed E-state index contributed by atoms with van der Waals surface area (Å²) < 4.78 is 2.26. The lowest BCUT2D eigenvalue weighted by Crippen LogP contribution is -2.18. The second-order valence-electron chi connectivity index (χ2n) is 5.54. The highest BCUT2D eigenvalue weighted by Crippen LogP contribution is 2.21. The van der Waals surface area contributed by atoms with E-state index in [1.165, 1.54) is 5.52 Å². The van der Waals surface area contributed by atoms with Crippen LogP contribution >= 0.6 is 0 Å². The minimum Gasteiger partial charge on any atom is -0.347 e. The average Bonchev–Trinajstić information content (AvgIpc) is 2.78. The Kier molecular flexibility index (Phi) is 4.79. The lowest BCUT2D eigenvalue weighted by atomic mass is 10.2. The summed E-state index contributed by atoms with van der Waals surface area (Å²) in [4.78, 5) is 11.7. The fourth-order valence-electron chi connectivity index (χ4n) is 2.29. The number of benzene rings is 1. The number of nitrogens with zero attached hydrogens (tertiary/aromatic N) is 1. The van der Waals surface area contributed by atoms with Crippen LogP contribution in [0.2, 0.25) is 0 Å². The number of fused-ring (bicyclic) bond motifs is 1. The van der Waals surface area contributed by atoms with Crippen LogP contribution in [0.3, 0.4) is 0 Å². The van der Waals surface area contributed by atoms with Crippen molar-refractivity contribution in [1.82, 2.24) is 9.88 Å². The Morgan fingerprint density at radius 1 is 1.30 bits per heavy atom. The van der Waals surface area contributed by atoms with Gasteiger partial charge in [-0.05, 0) is 37.2 Å². The standard InChI is InChI=1S/C16H23N3O/c1-12(2)11-19-9-7-13-10-14(4-5-15(13)19)18-16(20)6-8-17-3/h4-5,7,9-10,12,17H,6,8,11H2,1-3H3,(H,18,20). The maximum atomic E-state index is 11.7. The Morgan fingerprint density at radius 3 is 2.80 bits per heavy atom. The van der Waals surface area contributed by atoms with Crippen LogP contribution < -0.4 is 10.6 Å². The minimum absolute atomic E-state index is 0.0420. The number of hydrogen-bond acceptors (Lipinski definition) is 2. The first-order valence-corrected chi connectivity index (χ1v) is 7.13. The number of anilines is 1. The molecule has 1 amide bonds. The molecule has 0 atom stereocenters. The predicted molar refractivity (Wildman–Crippen MR) is 83.9 cm³/mol. The highest BCUT2D eigenvalue weighted by atomic mass is 16.1. The molecule has 0 fully saturated rings. The summed E-state index contributed by atoms with van der Waals surface area (Å²) in [6, 6.07) is 8.17. The zero-order valence-electron chi connectivity index (χ0n) is 12.4. The van der Waals surface area contributed by atoms with E-state index in [2.05, 4.69) is 47.4 Å². The van der Waals surface area contributed by atoms with E-state index in [4.69, 9.17) is 0 Å². The molecular weight excluding hydrogens is 250 g/mol. The van der Waals surface area contributed by atoms with Gasteiger partial charge in [0.1, 0.15) is 0 Å². The Bertz CT molecular complexity index is 586. The van der Waals surface area contributed by atoms with E-state index >= 15 is 0 Å². The van der Waals surface area contributed by atoms with Gasteiger partial charge in [-0.3, -0.25) is 4.79 Å². The topological polar surface area (TPSA) is 46.1 Å². The quantitative estimate of drug-likeness (QED) is 0.850. The maximum Gasteiger partial charge on any atom is 0.225 e. The van der Waals surface area contributed by atoms with Crippen molar-refractivity contribution in [3.05, 3.63) is 30.5 Å². The van der Waals surface area contributed by atoms with E-state index in [0.29, 0.717) is 18.9 Å². The van der Waals surface area contributed by atoms with Crippen molar-refractivity contribution < 1.29 is 4.79 Å². The summed E-state index contributed by atoms with van der Waals surface area (Å²) in [6.07, 6.45) is 2.60. The number of nitrogens with one attached hydrogen (secondary N) is 2. The molecule has 4 nitrogen and oxygen atoms in total. The molecule has 1 aromatic carbocycles. The molecule has 2 N–H and O–H groups in total. The van der Waals surface area contributed by atoms with Gasteiger partial charge in [-0.25, -0.2) is 0 Å². The number of amides is 1. The smallest absolute Gasteiger partial charge is 0.225 e. The zero-order valence-corrected chi connectivity index (χ0v) is 12.4. The summed E-state index contributed by atoms with van der Waals surface area (Å²) >= 11 is 0. The van der Waals surface area contributed by atoms with E-state index < -0.39 is 0 Å². The van der Waals surface area contributed by atoms with Crippen molar-refractivity contribution in [2.24, 2.45) is 5.92 Å². The van der Waals surface area contributed by atoms with Crippen LogP contribution in [0, 0.1) is 5.92 Å². The summed E-state index contributed by atoms with van der Waals surface area (Å²) in [5.74, 6) is 0.659. The van der Waals surface area contributed by atoms with Crippen molar-refractivity contribution in [1.29, 1.82) is 0 Å². The van der Waals surface area contributed by atoms with Gasteiger partial charge >= 0.3 is 0 Å². The second-order valence-corrected chi connectivity index (χ2v) is 5.54. The van der Waals surface area contributed by atoms with Crippen LogP contribution in [0.15, 0.2) is 30.5 Å². The summed E-state index contributed by atoms with van der Waals surface area (Å²) in [6.45, 7) is 6.13. The van der Waals surface area contributed by atoms with Gasteiger partial charge < -0.3 is 15.2 Å². The normalized spacial score (nSPS) is 11.2. The van der Waals surface area contributed by atoms with Gasteiger partial charge in [-0.2, -0.15) is 0 Å². The number of hydrogen-bond donors (Lipinski definition) is 2. The number of aromatic nitrogens is 1. The Hall–Kier alpha value is -1.81. The first-order valence-electron chi connectivity index (χ1n) is 7.13. The molecule has 0 aliphatic rings. The molecule has 0 aliphatic heterocycles. The van der Waals surface area contributed by atoms with Gasteiger partial charge in [0, 0.05) is 42.3 Å². The van der Waals surface area contributed by atoms with Crippen LogP contribution in [0.1, 0.15) is 20.3 Å². The van der Waals surface area contributed by atoms with E-state index in [9.17, 15) is 4.79 Å². The van der Waals surface area contributed by atoms with Crippen LogP contribution in [0.25, 0.3) is 10.9 Å². The van der Waals surface area contributed by atoms with Crippen molar-refractivity contribution in [2.45, 2.75) is 26.8 Å². The van der Waals surface area contributed by atoms with Crippen LogP contribution in [0.4, 0.5) is 5.69 Å². The maximum absolute atomic E-state index is 11.7. The Morgan fingerprint density at radius 2 is 2.10 bits per heavy atom. The Balaban J connectivity index is 2.12. The molecule has 2 rings (SSSR count). The molecule has 0 unspecified atom stereocenters. The minimum atomic E-state index is 0.0420. The lowest BCUT2D eigenvalue weighted by molar-refractivity contribution is -0.116. The monoisotopic (exact) mass is 273 g/mol. The SMILES string of the molecule is CNCCC(=O)Nc1ccc2c(ccn2CC(C)C)c1. The summed E-state index contributed by atoms with van der Waals surface area (Å²) in [7, 11) is 1.84. The van der Waals surface area contributed by atoms with Gasteiger partial charge in [0.15, 0.2) is 0 Å². The average molecular weight is 273 g/mol. The molecular formula is C16H23N3O. The first kappa shape index (κ1) is 14.6. The first-order chi connectivity index (χ1) is 9.60. The van der Waals surface area contributed by atoms with Gasteiger partial charge in [0.05, 0.1) is 0 Å². The van der Waals surface area contributed by atoms with Gasteiger partial charge in [0.25, 0.3) is 0 Å². The molecule has 0 radical (unpaired) electrons. The number of rotatable bonds is 6. The molecule has 20 heavy (non-hydrogen) atoms. The Labute approximate surface area is 120 Å². The number of carbonyl (C=O) groups excluding carboxylic acids is 1. The van der Waals surface area contributed by atoms with Crippen molar-refractivity contribution in [3.8, 4) is 0 Å². The third kappa shape index (κ3) is 3.61. The van der Waals surface area contributed by atoms with E-state index in [0.717, 1.165) is 17.6 Å². The van der Waals surface area contributed by atoms with Gasteiger partial charge in [0.2, 0.25) is 5.91 Å². The van der Waals surface area contributed by atoms with Gasteiger partial charge in [-0.1, -0.05) is 13.8 Å². The fourth-order valence-corrected chi connectivity index (χ4v) is 2.29. The van der Waals surface area contributed by atoms with E-state index in [1.807, 2.05) is 19.2 Å². The molecule has 0 aliphatic carbocycles. The highest BCUT2D eigenvalue weighted by Gasteiger charge is 2.06. The predicted octanol–water partition coefficient (Wildman–Crippen LogP) is 2.85. The molecule has 4 heteroatoms. The third-order valence-corrected chi connectivity index (χ3v) is 3.22. The molecule has 0 spiro atoms. The molecule has 2 aromatic rings. The molecule has 0 bridgehead atoms.